The van der Waals surface area contributed by atoms with Crippen LogP contribution < -0.4 is 4.72 Å². The van der Waals surface area contributed by atoms with Crippen LogP contribution in [0.1, 0.15) is 43.2 Å². The van der Waals surface area contributed by atoms with E-state index in [1.807, 2.05) is 0 Å². The zero-order valence-electron chi connectivity index (χ0n) is 10.7. The molecule has 0 atom stereocenters. The molecule has 106 valence electrons. The van der Waals surface area contributed by atoms with Gasteiger partial charge in [0.15, 0.2) is 0 Å². The van der Waals surface area contributed by atoms with Crippen molar-refractivity contribution in [2.45, 2.75) is 37.7 Å². The van der Waals surface area contributed by atoms with Crippen molar-refractivity contribution in [1.29, 1.82) is 0 Å². The van der Waals surface area contributed by atoms with E-state index in [1.165, 1.54) is 0 Å². The molecular formula is C12H17NO5S. The molecule has 1 fully saturated rings. The van der Waals surface area contributed by atoms with Gasteiger partial charge in [-0.25, -0.2) is 17.9 Å². The van der Waals surface area contributed by atoms with Crippen molar-refractivity contribution < 1.29 is 22.7 Å². The summed E-state index contributed by atoms with van der Waals surface area (Å²) in [5.41, 5.74) is 0.0873. The first-order valence-corrected chi connectivity index (χ1v) is 7.70. The van der Waals surface area contributed by atoms with Crippen LogP contribution in [0.25, 0.3) is 0 Å². The zero-order chi connectivity index (χ0) is 14.1. The maximum absolute atomic E-state index is 11.9. The number of furan rings is 1. The molecule has 1 aliphatic rings. The number of rotatable bonds is 7. The molecule has 6 nitrogen and oxygen atoms in total. The molecular weight excluding hydrogens is 270 g/mol. The Morgan fingerprint density at radius 1 is 1.47 bits per heavy atom. The lowest BCUT2D eigenvalue weighted by molar-refractivity contribution is 0.0656. The first-order chi connectivity index (χ1) is 8.88. The lowest BCUT2D eigenvalue weighted by atomic mass is 10.0. The maximum atomic E-state index is 11.9. The Morgan fingerprint density at radius 2 is 2.16 bits per heavy atom. The second-order valence-electron chi connectivity index (χ2n) is 5.00. The van der Waals surface area contributed by atoms with Gasteiger partial charge in [0, 0.05) is 6.54 Å². The molecule has 0 aromatic carbocycles. The molecule has 0 bridgehead atoms. The quantitative estimate of drug-likeness (QED) is 0.797. The Bertz CT molecular complexity index is 571. The van der Waals surface area contributed by atoms with Crippen LogP contribution in [-0.2, 0) is 10.0 Å². The van der Waals surface area contributed by atoms with E-state index in [-0.39, 0.29) is 16.3 Å². The van der Waals surface area contributed by atoms with E-state index in [0.717, 1.165) is 37.8 Å². The zero-order valence-corrected chi connectivity index (χ0v) is 11.5. The van der Waals surface area contributed by atoms with Crippen LogP contribution in [0.3, 0.4) is 0 Å². The third-order valence-electron chi connectivity index (χ3n) is 3.43. The molecule has 0 amide bonds. The minimum Gasteiger partial charge on any atom is -0.475 e. The molecule has 1 aromatic rings. The molecule has 0 radical (unpaired) electrons. The van der Waals surface area contributed by atoms with Crippen molar-refractivity contribution in [2.24, 2.45) is 5.41 Å². The largest absolute Gasteiger partial charge is 0.475 e. The summed E-state index contributed by atoms with van der Waals surface area (Å²) in [5.74, 6) is -1.67. The highest BCUT2D eigenvalue weighted by Gasteiger charge is 2.42. The number of hydrogen-bond donors (Lipinski definition) is 2. The van der Waals surface area contributed by atoms with Crippen LogP contribution in [0.5, 0.6) is 0 Å². The molecule has 1 heterocycles. The summed E-state index contributed by atoms with van der Waals surface area (Å²) in [5, 5.41) is 8.34. The normalized spacial score (nSPS) is 17.3. The molecule has 2 rings (SSSR count). The number of nitrogens with one attached hydrogen (secondary N) is 1. The Labute approximate surface area is 111 Å². The van der Waals surface area contributed by atoms with Crippen molar-refractivity contribution in [3.63, 3.8) is 0 Å². The fraction of sp³-hybridized carbons (Fsp3) is 0.583. The summed E-state index contributed by atoms with van der Waals surface area (Å²) >= 11 is 0. The van der Waals surface area contributed by atoms with Gasteiger partial charge in [0.2, 0.25) is 10.9 Å². The molecule has 1 aliphatic carbocycles. The Balaban J connectivity index is 2.03. The number of sulfonamides is 1. The van der Waals surface area contributed by atoms with Crippen LogP contribution in [-0.4, -0.2) is 26.0 Å². The van der Waals surface area contributed by atoms with Crippen molar-refractivity contribution in [1.82, 2.24) is 4.72 Å². The SMILES string of the molecule is CCCC1(CNS(=O)(=O)c2ccc(C(=O)O)o2)CC1. The molecule has 19 heavy (non-hydrogen) atoms. The van der Waals surface area contributed by atoms with Gasteiger partial charge in [-0.2, -0.15) is 0 Å². The summed E-state index contributed by atoms with van der Waals surface area (Å²) in [6.45, 7) is 2.45. The van der Waals surface area contributed by atoms with Gasteiger partial charge >= 0.3 is 5.97 Å². The van der Waals surface area contributed by atoms with Crippen LogP contribution in [0, 0.1) is 5.41 Å². The monoisotopic (exact) mass is 287 g/mol. The number of carbonyl (C=O) groups is 1. The van der Waals surface area contributed by atoms with Crippen molar-refractivity contribution in [2.75, 3.05) is 6.54 Å². The van der Waals surface area contributed by atoms with E-state index < -0.39 is 16.0 Å². The van der Waals surface area contributed by atoms with Crippen molar-refractivity contribution in [3.05, 3.63) is 17.9 Å². The first-order valence-electron chi connectivity index (χ1n) is 6.21. The van der Waals surface area contributed by atoms with Crippen LogP contribution in [0.4, 0.5) is 0 Å². The van der Waals surface area contributed by atoms with Crippen molar-refractivity contribution in [3.8, 4) is 0 Å². The van der Waals surface area contributed by atoms with E-state index in [0.29, 0.717) is 6.54 Å². The van der Waals surface area contributed by atoms with Crippen LogP contribution in [0.2, 0.25) is 0 Å². The second kappa shape index (κ2) is 4.97. The van der Waals surface area contributed by atoms with Crippen LogP contribution >= 0.6 is 0 Å². The summed E-state index contributed by atoms with van der Waals surface area (Å²) < 4.78 is 31.2. The number of aromatic carboxylic acids is 1. The lowest BCUT2D eigenvalue weighted by Crippen LogP contribution is -2.30. The van der Waals surface area contributed by atoms with Gasteiger partial charge in [-0.05, 0) is 36.8 Å². The third kappa shape index (κ3) is 3.16. The van der Waals surface area contributed by atoms with Gasteiger partial charge < -0.3 is 9.52 Å². The molecule has 7 heteroatoms. The van der Waals surface area contributed by atoms with E-state index in [4.69, 9.17) is 9.52 Å². The smallest absolute Gasteiger partial charge is 0.371 e. The summed E-state index contributed by atoms with van der Waals surface area (Å²) in [6.07, 6.45) is 4.07. The van der Waals surface area contributed by atoms with Crippen LogP contribution in [0.15, 0.2) is 21.6 Å². The molecule has 1 aromatic heterocycles. The standard InChI is InChI=1S/C12H17NO5S/c1-2-5-12(6-7-12)8-13-19(16,17)10-4-3-9(18-10)11(14)15/h3-4,13H,2,5-8H2,1H3,(H,14,15). The molecule has 1 saturated carbocycles. The Hall–Kier alpha value is -1.34. The lowest BCUT2D eigenvalue weighted by Gasteiger charge is -2.14. The first kappa shape index (κ1) is 14.1. The van der Waals surface area contributed by atoms with E-state index in [2.05, 4.69) is 11.6 Å². The van der Waals surface area contributed by atoms with Gasteiger partial charge in [0.25, 0.3) is 10.0 Å². The topological polar surface area (TPSA) is 96.6 Å². The summed E-state index contributed by atoms with van der Waals surface area (Å²) in [6, 6.07) is 2.29. The molecule has 0 spiro atoms. The fourth-order valence-electron chi connectivity index (χ4n) is 2.12. The second-order valence-corrected chi connectivity index (χ2v) is 6.70. The third-order valence-corrected chi connectivity index (χ3v) is 4.71. The Kier molecular flexibility index (Phi) is 3.69. The van der Waals surface area contributed by atoms with Gasteiger partial charge in [-0.1, -0.05) is 13.3 Å². The van der Waals surface area contributed by atoms with Gasteiger partial charge in [-0.15, -0.1) is 0 Å². The van der Waals surface area contributed by atoms with Gasteiger partial charge in [0.05, 0.1) is 0 Å². The Morgan fingerprint density at radius 3 is 2.63 bits per heavy atom. The predicted octanol–water partition coefficient (Wildman–Crippen LogP) is 1.84. The fourth-order valence-corrected chi connectivity index (χ4v) is 3.21. The minimum absolute atomic E-state index is 0.0873. The average molecular weight is 287 g/mol. The van der Waals surface area contributed by atoms with Gasteiger partial charge in [0.1, 0.15) is 0 Å². The van der Waals surface area contributed by atoms with Crippen molar-refractivity contribution >= 4 is 16.0 Å². The average Bonchev–Trinajstić information content (AvgIpc) is 2.92. The summed E-state index contributed by atoms with van der Waals surface area (Å²) in [4.78, 5) is 10.6. The van der Waals surface area contributed by atoms with Gasteiger partial charge in [-0.3, -0.25) is 0 Å². The highest BCUT2D eigenvalue weighted by atomic mass is 32.2. The minimum atomic E-state index is -3.76. The highest BCUT2D eigenvalue weighted by molar-refractivity contribution is 7.89. The van der Waals surface area contributed by atoms with E-state index in [9.17, 15) is 13.2 Å². The number of carboxylic acid groups (broad SMARTS) is 1. The number of carboxylic acids is 1. The summed E-state index contributed by atoms with van der Waals surface area (Å²) in [7, 11) is -3.76. The molecule has 0 saturated heterocycles. The molecule has 0 aliphatic heterocycles. The number of hydrogen-bond acceptors (Lipinski definition) is 4. The van der Waals surface area contributed by atoms with E-state index in [1.54, 1.807) is 0 Å². The highest BCUT2D eigenvalue weighted by Crippen LogP contribution is 2.49. The van der Waals surface area contributed by atoms with E-state index >= 15 is 0 Å². The predicted molar refractivity (Wildman–Crippen MR) is 67.4 cm³/mol. The molecule has 0 unspecified atom stereocenters. The molecule has 2 N–H and O–H groups in total. The maximum Gasteiger partial charge on any atom is 0.371 e.